The number of hydrogen-bond donors (Lipinski definition) is 0. The molecule has 0 fully saturated rings. The maximum atomic E-state index is 11.2. The van der Waals surface area contributed by atoms with Gasteiger partial charge in [-0.15, -0.1) is 0 Å². The van der Waals surface area contributed by atoms with Crippen LogP contribution in [0.25, 0.3) is 0 Å². The van der Waals surface area contributed by atoms with Gasteiger partial charge in [0.1, 0.15) is 5.78 Å². The van der Waals surface area contributed by atoms with Gasteiger partial charge in [0.15, 0.2) is 6.29 Å². The number of carbonyl (C=O) groups excluding carboxylic acids is 3. The zero-order valence-corrected chi connectivity index (χ0v) is 8.94. The summed E-state index contributed by atoms with van der Waals surface area (Å²) in [5.41, 5.74) is 0. The molecule has 0 heterocycles. The van der Waals surface area contributed by atoms with Crippen molar-refractivity contribution in [3.8, 4) is 0 Å². The lowest BCUT2D eigenvalue weighted by atomic mass is 10.1. The molecule has 0 bridgehead atoms. The summed E-state index contributed by atoms with van der Waals surface area (Å²) in [5, 5.41) is 0. The summed E-state index contributed by atoms with van der Waals surface area (Å²) in [4.78, 5) is 32.9. The number of ether oxygens (including phenoxy) is 3. The highest BCUT2D eigenvalue weighted by Gasteiger charge is 2.20. The molecule has 0 unspecified atom stereocenters. The number of ketones is 2. The van der Waals surface area contributed by atoms with E-state index in [2.05, 4.69) is 4.74 Å². The molecule has 15 heavy (non-hydrogen) atoms. The third-order valence-corrected chi connectivity index (χ3v) is 1.69. The van der Waals surface area contributed by atoms with Crippen molar-refractivity contribution < 1.29 is 28.6 Å². The standard InChI is InChI=1S/C9H14O6/c1-13-8(14-2)5-6(10)4-7(11)9(12)15-3/h8H,4-5H2,1-3H3. The molecule has 0 saturated heterocycles. The first-order valence-corrected chi connectivity index (χ1v) is 4.23. The fraction of sp³-hybridized carbons (Fsp3) is 0.667. The van der Waals surface area contributed by atoms with Crippen LogP contribution in [-0.4, -0.2) is 45.2 Å². The molecule has 6 heteroatoms. The fourth-order valence-electron chi connectivity index (χ4n) is 0.886. The molecule has 0 aliphatic carbocycles. The first-order valence-electron chi connectivity index (χ1n) is 4.23. The quantitative estimate of drug-likeness (QED) is 0.252. The van der Waals surface area contributed by atoms with Crippen LogP contribution in [0.2, 0.25) is 0 Å². The van der Waals surface area contributed by atoms with Crippen molar-refractivity contribution in [2.24, 2.45) is 0 Å². The van der Waals surface area contributed by atoms with Gasteiger partial charge in [-0.2, -0.15) is 0 Å². The third kappa shape index (κ3) is 5.24. The Hall–Kier alpha value is -1.27. The molecular formula is C9H14O6. The average molecular weight is 218 g/mol. The summed E-state index contributed by atoms with van der Waals surface area (Å²) in [6, 6.07) is 0. The van der Waals surface area contributed by atoms with E-state index in [0.717, 1.165) is 7.11 Å². The van der Waals surface area contributed by atoms with Crippen molar-refractivity contribution in [2.75, 3.05) is 21.3 Å². The largest absolute Gasteiger partial charge is 0.463 e. The Morgan fingerprint density at radius 3 is 2.00 bits per heavy atom. The van der Waals surface area contributed by atoms with E-state index >= 15 is 0 Å². The zero-order valence-electron chi connectivity index (χ0n) is 8.94. The number of carbonyl (C=O) groups is 3. The van der Waals surface area contributed by atoms with Gasteiger partial charge < -0.3 is 14.2 Å². The molecule has 0 amide bonds. The van der Waals surface area contributed by atoms with Gasteiger partial charge in [-0.05, 0) is 0 Å². The third-order valence-electron chi connectivity index (χ3n) is 1.69. The van der Waals surface area contributed by atoms with E-state index in [1.807, 2.05) is 0 Å². The lowest BCUT2D eigenvalue weighted by Gasteiger charge is -2.11. The fourth-order valence-corrected chi connectivity index (χ4v) is 0.886. The molecule has 6 nitrogen and oxygen atoms in total. The predicted molar refractivity (Wildman–Crippen MR) is 49.1 cm³/mol. The Bertz CT molecular complexity index is 243. The Kier molecular flexibility index (Phi) is 6.48. The van der Waals surface area contributed by atoms with Crippen LogP contribution in [-0.2, 0) is 28.6 Å². The van der Waals surface area contributed by atoms with Gasteiger partial charge in [-0.3, -0.25) is 9.59 Å². The molecule has 0 aromatic rings. The second-order valence-corrected chi connectivity index (χ2v) is 2.74. The van der Waals surface area contributed by atoms with Crippen molar-refractivity contribution in [1.29, 1.82) is 0 Å². The van der Waals surface area contributed by atoms with Crippen LogP contribution < -0.4 is 0 Å². The number of hydrogen-bond acceptors (Lipinski definition) is 6. The maximum absolute atomic E-state index is 11.2. The van der Waals surface area contributed by atoms with Gasteiger partial charge in [-0.25, -0.2) is 4.79 Å². The van der Waals surface area contributed by atoms with Crippen LogP contribution in [0, 0.1) is 0 Å². The Morgan fingerprint density at radius 1 is 1.07 bits per heavy atom. The first kappa shape index (κ1) is 13.7. The number of esters is 1. The molecule has 86 valence electrons. The minimum Gasteiger partial charge on any atom is -0.463 e. The molecular weight excluding hydrogens is 204 g/mol. The molecule has 0 atom stereocenters. The van der Waals surface area contributed by atoms with Crippen LogP contribution in [0.1, 0.15) is 12.8 Å². The van der Waals surface area contributed by atoms with Crippen LogP contribution in [0.5, 0.6) is 0 Å². The van der Waals surface area contributed by atoms with Crippen molar-refractivity contribution in [1.82, 2.24) is 0 Å². The average Bonchev–Trinajstić information content (AvgIpc) is 2.24. The summed E-state index contributed by atoms with van der Waals surface area (Å²) in [6.45, 7) is 0. The van der Waals surface area contributed by atoms with Gasteiger partial charge in [0.2, 0.25) is 5.78 Å². The minimum atomic E-state index is -1.02. The number of Topliss-reactive ketones (excluding diaryl/α,β-unsaturated/α-hetero) is 2. The molecule has 0 saturated carbocycles. The highest BCUT2D eigenvalue weighted by atomic mass is 16.7. The smallest absolute Gasteiger partial charge is 0.374 e. The summed E-state index contributed by atoms with van der Waals surface area (Å²) >= 11 is 0. The summed E-state index contributed by atoms with van der Waals surface area (Å²) in [7, 11) is 3.84. The summed E-state index contributed by atoms with van der Waals surface area (Å²) in [5.74, 6) is -2.32. The second-order valence-electron chi connectivity index (χ2n) is 2.74. The van der Waals surface area contributed by atoms with Crippen LogP contribution in [0.4, 0.5) is 0 Å². The van der Waals surface area contributed by atoms with Crippen LogP contribution >= 0.6 is 0 Å². The first-order chi connectivity index (χ1) is 7.04. The predicted octanol–water partition coefficient (Wildman–Crippen LogP) is -0.303. The van der Waals surface area contributed by atoms with E-state index in [4.69, 9.17) is 9.47 Å². The Labute approximate surface area is 87.5 Å². The summed E-state index contributed by atoms with van der Waals surface area (Å²) in [6.07, 6.45) is -1.26. The minimum absolute atomic E-state index is 0.0737. The number of rotatable bonds is 7. The number of methoxy groups -OCH3 is 3. The van der Waals surface area contributed by atoms with Gasteiger partial charge >= 0.3 is 5.97 Å². The maximum Gasteiger partial charge on any atom is 0.374 e. The SMILES string of the molecule is COC(=O)C(=O)CC(=O)CC(OC)OC. The Balaban J connectivity index is 4.03. The van der Waals surface area contributed by atoms with Gasteiger partial charge in [0, 0.05) is 14.2 Å². The van der Waals surface area contributed by atoms with Crippen molar-refractivity contribution in [3.63, 3.8) is 0 Å². The highest BCUT2D eigenvalue weighted by Crippen LogP contribution is 2.02. The van der Waals surface area contributed by atoms with Crippen molar-refractivity contribution in [3.05, 3.63) is 0 Å². The highest BCUT2D eigenvalue weighted by molar-refractivity contribution is 6.37. The van der Waals surface area contributed by atoms with Crippen LogP contribution in [0.15, 0.2) is 0 Å². The van der Waals surface area contributed by atoms with Crippen LogP contribution in [0.3, 0.4) is 0 Å². The van der Waals surface area contributed by atoms with E-state index in [-0.39, 0.29) is 6.42 Å². The molecule has 0 radical (unpaired) electrons. The normalized spacial score (nSPS) is 10.1. The zero-order chi connectivity index (χ0) is 11.8. The lowest BCUT2D eigenvalue weighted by molar-refractivity contribution is -0.153. The van der Waals surface area contributed by atoms with Crippen molar-refractivity contribution >= 4 is 17.5 Å². The van der Waals surface area contributed by atoms with E-state index in [0.29, 0.717) is 0 Å². The molecule has 0 N–H and O–H groups in total. The Morgan fingerprint density at radius 2 is 1.60 bits per heavy atom. The second kappa shape index (κ2) is 7.08. The molecule has 0 aliphatic rings. The summed E-state index contributed by atoms with van der Waals surface area (Å²) < 4.78 is 13.7. The molecule has 0 rings (SSSR count). The van der Waals surface area contributed by atoms with Gasteiger partial charge in [0.25, 0.3) is 0 Å². The van der Waals surface area contributed by atoms with E-state index < -0.39 is 30.2 Å². The van der Waals surface area contributed by atoms with Crippen molar-refractivity contribution in [2.45, 2.75) is 19.1 Å². The van der Waals surface area contributed by atoms with E-state index in [9.17, 15) is 14.4 Å². The lowest BCUT2D eigenvalue weighted by Crippen LogP contribution is -2.23. The monoisotopic (exact) mass is 218 g/mol. The van der Waals surface area contributed by atoms with E-state index in [1.165, 1.54) is 14.2 Å². The van der Waals surface area contributed by atoms with Gasteiger partial charge in [-0.1, -0.05) is 0 Å². The van der Waals surface area contributed by atoms with Gasteiger partial charge in [0.05, 0.1) is 20.0 Å². The molecule has 0 aromatic heterocycles. The molecule has 0 spiro atoms. The topological polar surface area (TPSA) is 78.9 Å². The molecule has 0 aliphatic heterocycles. The van der Waals surface area contributed by atoms with E-state index in [1.54, 1.807) is 0 Å². The molecule has 0 aromatic carbocycles.